The standard InChI is InChI=1S/C15H22IN/c1-4-6-17-7-5-13-8-11(2)15(16)9-14(13)12(3)10-17/h8-9,12H,4-7,10H2,1-3H3. The minimum Gasteiger partial charge on any atom is -0.302 e. The summed E-state index contributed by atoms with van der Waals surface area (Å²) in [6.45, 7) is 10.6. The zero-order valence-corrected chi connectivity index (χ0v) is 13.3. The Kier molecular flexibility index (Phi) is 4.47. The molecule has 94 valence electrons. The Balaban J connectivity index is 2.28. The molecule has 0 saturated carbocycles. The number of nitrogens with zero attached hydrogens (tertiary/aromatic N) is 1. The van der Waals surface area contributed by atoms with Gasteiger partial charge in [-0.15, -0.1) is 0 Å². The summed E-state index contributed by atoms with van der Waals surface area (Å²) in [5.74, 6) is 0.674. The summed E-state index contributed by atoms with van der Waals surface area (Å²) in [4.78, 5) is 2.62. The number of rotatable bonds is 2. The molecule has 1 unspecified atom stereocenters. The highest BCUT2D eigenvalue weighted by Crippen LogP contribution is 2.28. The lowest BCUT2D eigenvalue weighted by Crippen LogP contribution is -2.28. The lowest BCUT2D eigenvalue weighted by molar-refractivity contribution is 0.273. The van der Waals surface area contributed by atoms with Gasteiger partial charge >= 0.3 is 0 Å². The second kappa shape index (κ2) is 5.70. The van der Waals surface area contributed by atoms with Gasteiger partial charge in [0.25, 0.3) is 0 Å². The number of hydrogen-bond donors (Lipinski definition) is 0. The van der Waals surface area contributed by atoms with Gasteiger partial charge in [0.2, 0.25) is 0 Å². The predicted molar refractivity (Wildman–Crippen MR) is 82.7 cm³/mol. The molecule has 1 nitrogen and oxygen atoms in total. The van der Waals surface area contributed by atoms with Crippen LogP contribution in [0.4, 0.5) is 0 Å². The van der Waals surface area contributed by atoms with Gasteiger partial charge < -0.3 is 4.90 Å². The van der Waals surface area contributed by atoms with E-state index in [0.29, 0.717) is 5.92 Å². The van der Waals surface area contributed by atoms with E-state index < -0.39 is 0 Å². The van der Waals surface area contributed by atoms with Crippen LogP contribution in [-0.2, 0) is 6.42 Å². The maximum absolute atomic E-state index is 2.62. The first-order chi connectivity index (χ1) is 8.11. The quantitative estimate of drug-likeness (QED) is 0.735. The maximum Gasteiger partial charge on any atom is 0.0162 e. The van der Waals surface area contributed by atoms with Crippen molar-refractivity contribution in [2.75, 3.05) is 19.6 Å². The van der Waals surface area contributed by atoms with Gasteiger partial charge in [-0.2, -0.15) is 0 Å². The molecule has 0 spiro atoms. The first-order valence-electron chi connectivity index (χ1n) is 6.63. The highest BCUT2D eigenvalue weighted by atomic mass is 127. The lowest BCUT2D eigenvalue weighted by atomic mass is 9.94. The molecule has 0 N–H and O–H groups in total. The van der Waals surface area contributed by atoms with Crippen LogP contribution in [0.15, 0.2) is 12.1 Å². The van der Waals surface area contributed by atoms with Crippen LogP contribution in [-0.4, -0.2) is 24.5 Å². The van der Waals surface area contributed by atoms with Gasteiger partial charge in [-0.25, -0.2) is 0 Å². The van der Waals surface area contributed by atoms with Crippen molar-refractivity contribution in [2.45, 2.75) is 39.5 Å². The molecule has 1 aliphatic heterocycles. The van der Waals surface area contributed by atoms with Crippen molar-refractivity contribution in [3.63, 3.8) is 0 Å². The molecule has 1 atom stereocenters. The van der Waals surface area contributed by atoms with Crippen molar-refractivity contribution in [3.8, 4) is 0 Å². The van der Waals surface area contributed by atoms with Crippen molar-refractivity contribution >= 4 is 22.6 Å². The van der Waals surface area contributed by atoms with E-state index in [4.69, 9.17) is 0 Å². The average Bonchev–Trinajstić information content (AvgIpc) is 2.42. The largest absolute Gasteiger partial charge is 0.302 e. The van der Waals surface area contributed by atoms with Crippen LogP contribution in [0.3, 0.4) is 0 Å². The van der Waals surface area contributed by atoms with Gasteiger partial charge in [0.05, 0.1) is 0 Å². The summed E-state index contributed by atoms with van der Waals surface area (Å²) in [5.41, 5.74) is 4.59. The molecule has 2 rings (SSSR count). The highest BCUT2D eigenvalue weighted by molar-refractivity contribution is 14.1. The van der Waals surface area contributed by atoms with Crippen molar-refractivity contribution in [1.82, 2.24) is 4.90 Å². The molecule has 1 aromatic rings. The van der Waals surface area contributed by atoms with Crippen molar-refractivity contribution in [2.24, 2.45) is 0 Å². The van der Waals surface area contributed by atoms with Crippen molar-refractivity contribution in [3.05, 3.63) is 32.4 Å². The van der Waals surface area contributed by atoms with Crippen LogP contribution in [0, 0.1) is 10.5 Å². The average molecular weight is 343 g/mol. The fourth-order valence-electron chi connectivity index (χ4n) is 2.81. The van der Waals surface area contributed by atoms with E-state index in [1.807, 2.05) is 0 Å². The molecule has 0 saturated heterocycles. The van der Waals surface area contributed by atoms with Crippen LogP contribution >= 0.6 is 22.6 Å². The molecule has 1 heterocycles. The van der Waals surface area contributed by atoms with Gasteiger partial charge in [-0.3, -0.25) is 0 Å². The molecule has 1 aromatic carbocycles. The number of halogens is 1. The molecule has 1 aliphatic rings. The Morgan fingerprint density at radius 1 is 1.41 bits per heavy atom. The van der Waals surface area contributed by atoms with E-state index >= 15 is 0 Å². The number of benzene rings is 1. The fourth-order valence-corrected chi connectivity index (χ4v) is 3.30. The zero-order chi connectivity index (χ0) is 12.4. The monoisotopic (exact) mass is 343 g/mol. The SMILES string of the molecule is CCCN1CCc2cc(C)c(I)cc2C(C)C1. The third-order valence-corrected chi connectivity index (χ3v) is 4.88. The van der Waals surface area contributed by atoms with Crippen LogP contribution < -0.4 is 0 Å². The lowest BCUT2D eigenvalue weighted by Gasteiger charge is -2.21. The number of hydrogen-bond acceptors (Lipinski definition) is 1. The molecular weight excluding hydrogens is 321 g/mol. The van der Waals surface area contributed by atoms with E-state index in [1.165, 1.54) is 41.6 Å². The minimum atomic E-state index is 0.674. The Hall–Kier alpha value is -0.0900. The summed E-state index contributed by atoms with van der Waals surface area (Å²) >= 11 is 2.46. The molecule has 0 radical (unpaired) electrons. The summed E-state index contributed by atoms with van der Waals surface area (Å²) in [7, 11) is 0. The molecule has 17 heavy (non-hydrogen) atoms. The molecule has 2 heteroatoms. The van der Waals surface area contributed by atoms with E-state index in [2.05, 4.69) is 60.4 Å². The van der Waals surface area contributed by atoms with E-state index in [-0.39, 0.29) is 0 Å². The minimum absolute atomic E-state index is 0.674. The Bertz CT molecular complexity index is 400. The third kappa shape index (κ3) is 3.02. The van der Waals surface area contributed by atoms with Crippen LogP contribution in [0.25, 0.3) is 0 Å². The van der Waals surface area contributed by atoms with Gasteiger partial charge in [0, 0.05) is 16.7 Å². The van der Waals surface area contributed by atoms with E-state index in [0.717, 1.165) is 0 Å². The van der Waals surface area contributed by atoms with Crippen LogP contribution in [0.2, 0.25) is 0 Å². The first kappa shape index (κ1) is 13.3. The summed E-state index contributed by atoms with van der Waals surface area (Å²) in [5, 5.41) is 0. The normalized spacial score (nSPS) is 21.1. The van der Waals surface area contributed by atoms with Crippen LogP contribution in [0.5, 0.6) is 0 Å². The van der Waals surface area contributed by atoms with E-state index in [1.54, 1.807) is 11.1 Å². The molecule has 0 aromatic heterocycles. The first-order valence-corrected chi connectivity index (χ1v) is 7.71. The third-order valence-electron chi connectivity index (χ3n) is 3.72. The molecule has 0 fully saturated rings. The van der Waals surface area contributed by atoms with Crippen LogP contribution in [0.1, 0.15) is 42.9 Å². The maximum atomic E-state index is 2.62. The van der Waals surface area contributed by atoms with Gasteiger partial charge in [-0.1, -0.05) is 19.9 Å². The number of fused-ring (bicyclic) bond motifs is 1. The van der Waals surface area contributed by atoms with E-state index in [9.17, 15) is 0 Å². The Morgan fingerprint density at radius 2 is 2.18 bits per heavy atom. The Morgan fingerprint density at radius 3 is 2.88 bits per heavy atom. The molecule has 0 aliphatic carbocycles. The summed E-state index contributed by atoms with van der Waals surface area (Å²) < 4.78 is 1.41. The second-order valence-electron chi connectivity index (χ2n) is 5.25. The molecule has 0 amide bonds. The highest BCUT2D eigenvalue weighted by Gasteiger charge is 2.20. The molecule has 0 bridgehead atoms. The fraction of sp³-hybridized carbons (Fsp3) is 0.600. The van der Waals surface area contributed by atoms with Gasteiger partial charge in [-0.05, 0) is 77.6 Å². The predicted octanol–water partition coefficient (Wildman–Crippen LogP) is 3.97. The topological polar surface area (TPSA) is 3.24 Å². The van der Waals surface area contributed by atoms with Gasteiger partial charge in [0.15, 0.2) is 0 Å². The van der Waals surface area contributed by atoms with Crippen molar-refractivity contribution < 1.29 is 0 Å². The Labute approximate surface area is 119 Å². The second-order valence-corrected chi connectivity index (χ2v) is 6.41. The zero-order valence-electron chi connectivity index (χ0n) is 11.1. The van der Waals surface area contributed by atoms with Gasteiger partial charge in [0.1, 0.15) is 0 Å². The smallest absolute Gasteiger partial charge is 0.0162 e. The number of aryl methyl sites for hydroxylation is 1. The summed E-state index contributed by atoms with van der Waals surface area (Å²) in [6, 6.07) is 4.81. The summed E-state index contributed by atoms with van der Waals surface area (Å²) in [6.07, 6.45) is 2.48. The van der Waals surface area contributed by atoms with Crippen molar-refractivity contribution in [1.29, 1.82) is 0 Å². The molecular formula is C15H22IN.